The first-order chi connectivity index (χ1) is 8.99. The third-order valence-corrected chi connectivity index (χ3v) is 3.53. The number of phenols is 1. The predicted molar refractivity (Wildman–Crippen MR) is 71.8 cm³/mol. The Morgan fingerprint density at radius 1 is 1.37 bits per heavy atom. The minimum Gasteiger partial charge on any atom is -0.508 e. The number of hydrogen-bond donors (Lipinski definition) is 1. The molecule has 1 aromatic heterocycles. The number of benzene rings is 1. The molecule has 19 heavy (non-hydrogen) atoms. The highest BCUT2D eigenvalue weighted by molar-refractivity contribution is 7.17. The zero-order chi connectivity index (χ0) is 14.0. The first-order valence-corrected chi connectivity index (χ1v) is 6.12. The van der Waals surface area contributed by atoms with Crippen molar-refractivity contribution >= 4 is 27.9 Å². The highest BCUT2D eigenvalue weighted by Crippen LogP contribution is 2.27. The summed E-state index contributed by atoms with van der Waals surface area (Å²) >= 11 is 0.823. The highest BCUT2D eigenvalue weighted by atomic mass is 32.1. The summed E-state index contributed by atoms with van der Waals surface area (Å²) in [5.41, 5.74) is 0.515. The van der Waals surface area contributed by atoms with Gasteiger partial charge in [0.25, 0.3) is 5.91 Å². The van der Waals surface area contributed by atoms with Gasteiger partial charge in [-0.2, -0.15) is 0 Å². The van der Waals surface area contributed by atoms with Crippen molar-refractivity contribution in [2.75, 3.05) is 11.9 Å². The van der Waals surface area contributed by atoms with Crippen LogP contribution in [0.15, 0.2) is 36.4 Å². The van der Waals surface area contributed by atoms with E-state index >= 15 is 0 Å². The van der Waals surface area contributed by atoms with Gasteiger partial charge in [0, 0.05) is 24.9 Å². The number of amides is 1. The van der Waals surface area contributed by atoms with Crippen LogP contribution in [-0.4, -0.2) is 23.0 Å². The molecule has 1 heterocycles. The van der Waals surface area contributed by atoms with Crippen LogP contribution < -0.4 is 4.90 Å². The Kier molecular flexibility index (Phi) is 3.48. The van der Waals surface area contributed by atoms with E-state index in [1.54, 1.807) is 19.2 Å². The third kappa shape index (κ3) is 2.71. The second-order valence-corrected chi connectivity index (χ2v) is 4.84. The van der Waals surface area contributed by atoms with Gasteiger partial charge in [0.2, 0.25) is 0 Å². The summed E-state index contributed by atoms with van der Waals surface area (Å²) in [6, 6.07) is 8.95. The van der Waals surface area contributed by atoms with Crippen LogP contribution in [-0.2, 0) is 0 Å². The smallest absolute Gasteiger partial charge is 0.324 e. The molecule has 0 saturated carbocycles. The molecule has 0 fully saturated rings. The number of carbonyl (C=O) groups is 1. The molecule has 0 bridgehead atoms. The minimum absolute atomic E-state index is 0.0503. The van der Waals surface area contributed by atoms with Crippen molar-refractivity contribution in [3.63, 3.8) is 0 Å². The lowest BCUT2D eigenvalue weighted by atomic mass is 10.2. The van der Waals surface area contributed by atoms with E-state index in [0.717, 1.165) is 11.3 Å². The molecule has 1 amide bonds. The molecule has 6 nitrogen and oxygen atoms in total. The number of phenolic OH excluding ortho intramolecular Hbond substituents is 1. The van der Waals surface area contributed by atoms with Gasteiger partial charge in [-0.05, 0) is 18.2 Å². The molecule has 1 N–H and O–H groups in total. The zero-order valence-corrected chi connectivity index (χ0v) is 10.8. The lowest BCUT2D eigenvalue weighted by Crippen LogP contribution is -2.25. The SMILES string of the molecule is CN(C(=O)c1ccc([N+](=O)[O-])s1)c1cccc(O)c1. The van der Waals surface area contributed by atoms with Gasteiger partial charge in [0.1, 0.15) is 5.75 Å². The fourth-order valence-electron chi connectivity index (χ4n) is 1.52. The van der Waals surface area contributed by atoms with E-state index in [4.69, 9.17) is 0 Å². The van der Waals surface area contributed by atoms with Crippen molar-refractivity contribution in [2.24, 2.45) is 0 Å². The van der Waals surface area contributed by atoms with Crippen LogP contribution in [0.2, 0.25) is 0 Å². The maximum absolute atomic E-state index is 12.1. The van der Waals surface area contributed by atoms with Crippen LogP contribution in [0, 0.1) is 10.1 Å². The molecule has 98 valence electrons. The Balaban J connectivity index is 2.25. The highest BCUT2D eigenvalue weighted by Gasteiger charge is 2.19. The van der Waals surface area contributed by atoms with Gasteiger partial charge in [0.05, 0.1) is 9.80 Å². The summed E-state index contributed by atoms with van der Waals surface area (Å²) in [6.07, 6.45) is 0. The normalized spacial score (nSPS) is 10.2. The van der Waals surface area contributed by atoms with Crippen molar-refractivity contribution in [3.05, 3.63) is 51.4 Å². The summed E-state index contributed by atoms with van der Waals surface area (Å²) in [5.74, 6) is -0.307. The predicted octanol–water partition coefficient (Wildman–Crippen LogP) is 2.64. The standard InChI is InChI=1S/C12H10N2O4S/c1-13(8-3-2-4-9(15)7-8)12(16)10-5-6-11(19-10)14(17)18/h2-7,15H,1H3. The number of hydrogen-bond acceptors (Lipinski definition) is 5. The molecule has 0 atom stereocenters. The molecular formula is C12H10N2O4S. The Hall–Kier alpha value is -2.41. The van der Waals surface area contributed by atoms with Crippen LogP contribution >= 0.6 is 11.3 Å². The maximum atomic E-state index is 12.1. The van der Waals surface area contributed by atoms with Gasteiger partial charge in [0.15, 0.2) is 0 Å². The topological polar surface area (TPSA) is 83.7 Å². The molecule has 7 heteroatoms. The second-order valence-electron chi connectivity index (χ2n) is 3.78. The minimum atomic E-state index is -0.532. The molecule has 0 aliphatic rings. The van der Waals surface area contributed by atoms with E-state index < -0.39 is 4.92 Å². The lowest BCUT2D eigenvalue weighted by Gasteiger charge is -2.16. The summed E-state index contributed by atoms with van der Waals surface area (Å²) < 4.78 is 0. The zero-order valence-electron chi connectivity index (χ0n) is 9.94. The molecule has 2 aromatic rings. The number of carbonyl (C=O) groups excluding carboxylic acids is 1. The summed E-state index contributed by atoms with van der Waals surface area (Å²) in [4.78, 5) is 23.8. The number of nitrogens with zero attached hydrogens (tertiary/aromatic N) is 2. The number of anilines is 1. The summed E-state index contributed by atoms with van der Waals surface area (Å²) in [6.45, 7) is 0. The van der Waals surface area contributed by atoms with Gasteiger partial charge >= 0.3 is 5.00 Å². The van der Waals surface area contributed by atoms with Crippen LogP contribution in [0.25, 0.3) is 0 Å². The van der Waals surface area contributed by atoms with Gasteiger partial charge in [-0.1, -0.05) is 17.4 Å². The molecule has 0 aliphatic carbocycles. The van der Waals surface area contributed by atoms with E-state index in [1.807, 2.05) is 0 Å². The average molecular weight is 278 g/mol. The molecule has 0 spiro atoms. The Morgan fingerprint density at radius 2 is 2.11 bits per heavy atom. The largest absolute Gasteiger partial charge is 0.508 e. The number of rotatable bonds is 3. The van der Waals surface area contributed by atoms with Crippen LogP contribution in [0.3, 0.4) is 0 Å². The van der Waals surface area contributed by atoms with Crippen LogP contribution in [0.4, 0.5) is 10.7 Å². The molecule has 0 saturated heterocycles. The van der Waals surface area contributed by atoms with E-state index in [9.17, 15) is 20.0 Å². The molecule has 0 aliphatic heterocycles. The molecule has 0 radical (unpaired) electrons. The van der Waals surface area contributed by atoms with Crippen molar-refractivity contribution < 1.29 is 14.8 Å². The number of aromatic hydroxyl groups is 1. The second kappa shape index (κ2) is 5.07. The van der Waals surface area contributed by atoms with Crippen molar-refractivity contribution in [2.45, 2.75) is 0 Å². The summed E-state index contributed by atoms with van der Waals surface area (Å²) in [5, 5.41) is 19.9. The number of thiophene rings is 1. The van der Waals surface area contributed by atoms with E-state index in [-0.39, 0.29) is 21.5 Å². The van der Waals surface area contributed by atoms with Gasteiger partial charge < -0.3 is 10.0 Å². The summed E-state index contributed by atoms with van der Waals surface area (Å²) in [7, 11) is 1.54. The first kappa shape index (κ1) is 13.0. The first-order valence-electron chi connectivity index (χ1n) is 5.30. The monoisotopic (exact) mass is 278 g/mol. The van der Waals surface area contributed by atoms with Crippen LogP contribution in [0.1, 0.15) is 9.67 Å². The van der Waals surface area contributed by atoms with E-state index in [0.29, 0.717) is 5.69 Å². The molecule has 2 rings (SSSR count). The fraction of sp³-hybridized carbons (Fsp3) is 0.0833. The van der Waals surface area contributed by atoms with Crippen molar-refractivity contribution in [3.8, 4) is 5.75 Å². The van der Waals surface area contributed by atoms with E-state index in [2.05, 4.69) is 0 Å². The molecule has 1 aromatic carbocycles. The van der Waals surface area contributed by atoms with Gasteiger partial charge in [-0.3, -0.25) is 14.9 Å². The molecule has 0 unspecified atom stereocenters. The Morgan fingerprint density at radius 3 is 2.68 bits per heavy atom. The lowest BCUT2D eigenvalue weighted by molar-refractivity contribution is -0.380. The fourth-order valence-corrected chi connectivity index (χ4v) is 2.32. The van der Waals surface area contributed by atoms with Gasteiger partial charge in [-0.25, -0.2) is 0 Å². The average Bonchev–Trinajstić information content (AvgIpc) is 2.86. The van der Waals surface area contributed by atoms with Crippen molar-refractivity contribution in [1.82, 2.24) is 0 Å². The Bertz CT molecular complexity index is 638. The quantitative estimate of drug-likeness (QED) is 0.691. The van der Waals surface area contributed by atoms with E-state index in [1.165, 1.54) is 29.2 Å². The third-order valence-electron chi connectivity index (χ3n) is 2.50. The number of nitro groups is 1. The Labute approximate surface area is 112 Å². The van der Waals surface area contributed by atoms with Gasteiger partial charge in [-0.15, -0.1) is 0 Å². The van der Waals surface area contributed by atoms with Crippen molar-refractivity contribution in [1.29, 1.82) is 0 Å². The molecular weight excluding hydrogens is 268 g/mol. The maximum Gasteiger partial charge on any atom is 0.324 e. The van der Waals surface area contributed by atoms with Crippen LogP contribution in [0.5, 0.6) is 5.75 Å².